The number of anilines is 1. The van der Waals surface area contributed by atoms with E-state index < -0.39 is 5.41 Å². The molecular weight excluding hydrogens is 392 g/mol. The Bertz CT molecular complexity index is 1130. The molecule has 0 atom stereocenters. The van der Waals surface area contributed by atoms with Gasteiger partial charge in [0.15, 0.2) is 11.6 Å². The van der Waals surface area contributed by atoms with Crippen LogP contribution >= 0.6 is 0 Å². The molecule has 31 heavy (non-hydrogen) atoms. The normalized spacial score (nSPS) is 12.3. The van der Waals surface area contributed by atoms with Crippen LogP contribution in [0.3, 0.4) is 0 Å². The molecule has 2 heterocycles. The predicted octanol–water partition coefficient (Wildman–Crippen LogP) is 3.80. The zero-order valence-electron chi connectivity index (χ0n) is 18.2. The molecule has 0 radical (unpaired) electrons. The second kappa shape index (κ2) is 8.91. The summed E-state index contributed by atoms with van der Waals surface area (Å²) >= 11 is 0. The summed E-state index contributed by atoms with van der Waals surface area (Å²) in [5, 5.41) is 19.9. The molecule has 2 aromatic heterocycles. The lowest BCUT2D eigenvalue weighted by Gasteiger charge is -2.15. The molecule has 3 aromatic rings. The van der Waals surface area contributed by atoms with E-state index in [4.69, 9.17) is 5.73 Å². The molecule has 164 valence electrons. The fourth-order valence-electron chi connectivity index (χ4n) is 3.44. The molecule has 0 spiro atoms. The number of aliphatic imine (C=N–C) groups is 1. The number of para-hydroxylation sites is 1. The van der Waals surface area contributed by atoms with E-state index in [2.05, 4.69) is 16.6 Å². The monoisotopic (exact) mass is 422 g/mol. The quantitative estimate of drug-likeness (QED) is 0.326. The van der Waals surface area contributed by atoms with Gasteiger partial charge in [-0.3, -0.25) is 4.79 Å². The average molecular weight is 423 g/mol. The SMILES string of the molecule is C=C(C=Nc1[nH]cc(C(=O)C(C)(C)C)c1N)c1cn(CC(CO)CO)c2ccccc12. The number of ketones is 1. The van der Waals surface area contributed by atoms with E-state index in [1.165, 1.54) is 0 Å². The first-order valence-corrected chi connectivity index (χ1v) is 10.2. The van der Waals surface area contributed by atoms with Gasteiger partial charge < -0.3 is 25.5 Å². The van der Waals surface area contributed by atoms with Crippen molar-refractivity contribution in [1.82, 2.24) is 9.55 Å². The Balaban J connectivity index is 1.90. The highest BCUT2D eigenvalue weighted by molar-refractivity contribution is 6.15. The minimum atomic E-state index is -0.538. The zero-order valence-corrected chi connectivity index (χ0v) is 18.2. The largest absolute Gasteiger partial charge is 0.396 e. The van der Waals surface area contributed by atoms with Gasteiger partial charge in [-0.2, -0.15) is 0 Å². The number of fused-ring (bicyclic) bond motifs is 1. The number of nitrogens with zero attached hydrogens (tertiary/aromatic N) is 2. The van der Waals surface area contributed by atoms with Gasteiger partial charge in [0.25, 0.3) is 0 Å². The number of hydrogen-bond donors (Lipinski definition) is 4. The lowest BCUT2D eigenvalue weighted by atomic mass is 9.87. The van der Waals surface area contributed by atoms with E-state index >= 15 is 0 Å². The number of carbonyl (C=O) groups is 1. The fourth-order valence-corrected chi connectivity index (χ4v) is 3.44. The molecule has 3 rings (SSSR count). The highest BCUT2D eigenvalue weighted by Crippen LogP contribution is 2.31. The Morgan fingerprint density at radius 2 is 1.94 bits per heavy atom. The molecule has 1 aromatic carbocycles. The average Bonchev–Trinajstić information content (AvgIpc) is 3.29. The van der Waals surface area contributed by atoms with Gasteiger partial charge in [-0.25, -0.2) is 4.99 Å². The summed E-state index contributed by atoms with van der Waals surface area (Å²) in [6, 6.07) is 7.88. The standard InChI is InChI=1S/C24H30N4O3/c1-15(9-26-23-21(25)18(10-27-23)22(31)24(2,3)4)19-12-28(11-16(13-29)14-30)20-8-6-5-7-17(19)20/h5-10,12,16,27,29-30H,1,11,13-14,25H2,2-4H3. The van der Waals surface area contributed by atoms with Crippen molar-refractivity contribution in [3.63, 3.8) is 0 Å². The summed E-state index contributed by atoms with van der Waals surface area (Å²) in [6.07, 6.45) is 5.16. The number of hydrogen-bond acceptors (Lipinski definition) is 5. The lowest BCUT2D eigenvalue weighted by Crippen LogP contribution is -2.20. The van der Waals surface area contributed by atoms with Crippen molar-refractivity contribution in [2.75, 3.05) is 18.9 Å². The number of aromatic amines is 1. The summed E-state index contributed by atoms with van der Waals surface area (Å²) in [5.41, 5.74) is 8.93. The van der Waals surface area contributed by atoms with Crippen molar-refractivity contribution in [3.8, 4) is 0 Å². The van der Waals surface area contributed by atoms with Crippen molar-refractivity contribution in [3.05, 3.63) is 54.4 Å². The number of H-pyrrole nitrogens is 1. The molecule has 0 fully saturated rings. The van der Waals surface area contributed by atoms with Gasteiger partial charge in [-0.05, 0) is 11.6 Å². The maximum atomic E-state index is 12.5. The smallest absolute Gasteiger partial charge is 0.171 e. The van der Waals surface area contributed by atoms with Crippen molar-refractivity contribution >= 4 is 40.0 Å². The second-order valence-corrected chi connectivity index (χ2v) is 8.77. The molecular formula is C24H30N4O3. The number of nitrogens with two attached hydrogens (primary N) is 1. The van der Waals surface area contributed by atoms with Gasteiger partial charge >= 0.3 is 0 Å². The van der Waals surface area contributed by atoms with Gasteiger partial charge in [0.05, 0.1) is 11.3 Å². The Morgan fingerprint density at radius 3 is 2.58 bits per heavy atom. The number of aromatic nitrogens is 2. The molecule has 7 nitrogen and oxygen atoms in total. The Hall–Kier alpha value is -3.16. The minimum absolute atomic E-state index is 0.0492. The van der Waals surface area contributed by atoms with Crippen molar-refractivity contribution < 1.29 is 15.0 Å². The van der Waals surface area contributed by atoms with E-state index in [0.29, 0.717) is 29.2 Å². The van der Waals surface area contributed by atoms with E-state index in [0.717, 1.165) is 16.5 Å². The van der Waals surface area contributed by atoms with Crippen LogP contribution in [-0.2, 0) is 6.54 Å². The number of nitrogen functional groups attached to an aromatic ring is 1. The van der Waals surface area contributed by atoms with E-state index in [9.17, 15) is 15.0 Å². The molecule has 0 aliphatic rings. The number of aliphatic hydroxyl groups is 2. The predicted molar refractivity (Wildman–Crippen MR) is 126 cm³/mol. The summed E-state index contributed by atoms with van der Waals surface area (Å²) < 4.78 is 2.00. The van der Waals surface area contributed by atoms with Crippen LogP contribution in [0.5, 0.6) is 0 Å². The number of carbonyl (C=O) groups excluding carboxylic acids is 1. The Labute approximate surface area is 181 Å². The van der Waals surface area contributed by atoms with Gasteiger partial charge in [0, 0.05) is 66.2 Å². The van der Waals surface area contributed by atoms with Crippen LogP contribution in [-0.4, -0.2) is 45.0 Å². The van der Waals surface area contributed by atoms with Crippen molar-refractivity contribution in [2.45, 2.75) is 27.3 Å². The van der Waals surface area contributed by atoms with Crippen molar-refractivity contribution in [2.24, 2.45) is 16.3 Å². The highest BCUT2D eigenvalue weighted by atomic mass is 16.3. The second-order valence-electron chi connectivity index (χ2n) is 8.77. The first kappa shape index (κ1) is 22.5. The summed E-state index contributed by atoms with van der Waals surface area (Å²) in [5.74, 6) is 0.119. The van der Waals surface area contributed by atoms with Crippen molar-refractivity contribution in [1.29, 1.82) is 0 Å². The van der Waals surface area contributed by atoms with Crippen LogP contribution in [0.1, 0.15) is 36.7 Å². The van der Waals surface area contributed by atoms with E-state index in [1.54, 1.807) is 12.4 Å². The van der Waals surface area contributed by atoms with Crippen LogP contribution in [0, 0.1) is 11.3 Å². The Morgan fingerprint density at radius 1 is 1.26 bits per heavy atom. The zero-order chi connectivity index (χ0) is 22.8. The molecule has 5 N–H and O–H groups in total. The van der Waals surface area contributed by atoms with E-state index in [1.807, 2.05) is 55.8 Å². The molecule has 0 amide bonds. The molecule has 0 aliphatic carbocycles. The van der Waals surface area contributed by atoms with Crippen LogP contribution < -0.4 is 5.73 Å². The maximum absolute atomic E-state index is 12.5. The molecule has 0 aliphatic heterocycles. The van der Waals surface area contributed by atoms with Crippen LogP contribution in [0.4, 0.5) is 11.5 Å². The molecule has 0 unspecified atom stereocenters. The van der Waals surface area contributed by atoms with Gasteiger partial charge in [-0.1, -0.05) is 45.5 Å². The van der Waals surface area contributed by atoms with Crippen LogP contribution in [0.2, 0.25) is 0 Å². The minimum Gasteiger partial charge on any atom is -0.396 e. The van der Waals surface area contributed by atoms with Crippen LogP contribution in [0.15, 0.2) is 48.2 Å². The summed E-state index contributed by atoms with van der Waals surface area (Å²) in [4.78, 5) is 19.9. The number of nitrogens with one attached hydrogen (secondary N) is 1. The third-order valence-electron chi connectivity index (χ3n) is 5.28. The first-order chi connectivity index (χ1) is 14.7. The number of rotatable bonds is 8. The lowest BCUT2D eigenvalue weighted by molar-refractivity contribution is 0.0859. The number of Topliss-reactive ketones (excluding diaryl/α,β-unsaturated/α-hetero) is 1. The number of aliphatic hydroxyl groups excluding tert-OH is 2. The third kappa shape index (κ3) is 4.62. The Kier molecular flexibility index (Phi) is 6.48. The topological polar surface area (TPSA) is 117 Å². The van der Waals surface area contributed by atoms with Gasteiger partial charge in [0.1, 0.15) is 0 Å². The summed E-state index contributed by atoms with van der Waals surface area (Å²) in [7, 11) is 0. The van der Waals surface area contributed by atoms with Gasteiger partial charge in [0.2, 0.25) is 0 Å². The maximum Gasteiger partial charge on any atom is 0.171 e. The number of allylic oxidation sites excluding steroid dienone is 1. The molecule has 0 bridgehead atoms. The number of benzene rings is 1. The van der Waals surface area contributed by atoms with Crippen LogP contribution in [0.25, 0.3) is 16.5 Å². The summed E-state index contributed by atoms with van der Waals surface area (Å²) in [6.45, 7) is 9.99. The first-order valence-electron chi connectivity index (χ1n) is 10.2. The molecule has 0 saturated heterocycles. The fraction of sp³-hybridized carbons (Fsp3) is 0.333. The third-order valence-corrected chi connectivity index (χ3v) is 5.28. The highest BCUT2D eigenvalue weighted by Gasteiger charge is 2.26. The van der Waals surface area contributed by atoms with Gasteiger partial charge in [-0.15, -0.1) is 0 Å². The van der Waals surface area contributed by atoms with E-state index in [-0.39, 0.29) is 24.9 Å². The molecule has 0 saturated carbocycles. The molecule has 7 heteroatoms.